The van der Waals surface area contributed by atoms with Gasteiger partial charge in [0.05, 0.1) is 12.1 Å². The molecule has 1 unspecified atom stereocenters. The second kappa shape index (κ2) is 6.21. The minimum atomic E-state index is -1.05. The van der Waals surface area contributed by atoms with Gasteiger partial charge in [0.15, 0.2) is 0 Å². The fraction of sp³-hybridized carbons (Fsp3) is 0.389. The Labute approximate surface area is 149 Å². The van der Waals surface area contributed by atoms with Crippen LogP contribution < -0.4 is 0 Å². The van der Waals surface area contributed by atoms with Crippen molar-refractivity contribution in [3.8, 4) is 0 Å². The van der Waals surface area contributed by atoms with Crippen LogP contribution >= 0.6 is 0 Å². The maximum atomic E-state index is 13.9. The van der Waals surface area contributed by atoms with Crippen molar-refractivity contribution in [2.75, 3.05) is 13.1 Å². The van der Waals surface area contributed by atoms with Crippen molar-refractivity contribution < 1.29 is 14.3 Å². The normalized spacial score (nSPS) is 20.7. The maximum absolute atomic E-state index is 13.9. The number of benzene rings is 1. The van der Waals surface area contributed by atoms with Crippen LogP contribution in [0.1, 0.15) is 29.2 Å². The molecule has 1 aliphatic heterocycles. The Kier molecular flexibility index (Phi) is 3.99. The molecule has 0 saturated carbocycles. The van der Waals surface area contributed by atoms with E-state index in [0.29, 0.717) is 48.2 Å². The van der Waals surface area contributed by atoms with Gasteiger partial charge in [0.2, 0.25) is 0 Å². The lowest BCUT2D eigenvalue weighted by Gasteiger charge is -2.38. The summed E-state index contributed by atoms with van der Waals surface area (Å²) < 4.78 is 15.6. The number of halogens is 1. The number of fused-ring (bicyclic) bond motifs is 1. The number of aliphatic hydroxyl groups is 1. The standard InChI is InChI=1S/C18H20FN5O2/c1-23-11-20-22-16(23)9-18(26)6-3-7-24(10-18)17(25)15-8-12-13(19)4-2-5-14(12)21-15/h2,4-5,8,11,21,26H,3,6-7,9-10H2,1H3. The largest absolute Gasteiger partial charge is 0.388 e. The van der Waals surface area contributed by atoms with E-state index in [0.717, 1.165) is 0 Å². The van der Waals surface area contributed by atoms with E-state index in [9.17, 15) is 14.3 Å². The SMILES string of the molecule is Cn1cnnc1CC1(O)CCCN(C(=O)c2cc3c(F)cccc3[nH]2)C1. The molecule has 3 heterocycles. The average molecular weight is 357 g/mol. The summed E-state index contributed by atoms with van der Waals surface area (Å²) in [5.74, 6) is 0.0707. The third kappa shape index (κ3) is 2.96. The second-order valence-electron chi connectivity index (χ2n) is 6.97. The average Bonchev–Trinajstić information content (AvgIpc) is 3.21. The Morgan fingerprint density at radius 1 is 1.46 bits per heavy atom. The molecule has 2 N–H and O–H groups in total. The van der Waals surface area contributed by atoms with Gasteiger partial charge in [-0.25, -0.2) is 4.39 Å². The van der Waals surface area contributed by atoms with Gasteiger partial charge < -0.3 is 19.6 Å². The van der Waals surface area contributed by atoms with Crippen LogP contribution in [0.3, 0.4) is 0 Å². The summed E-state index contributed by atoms with van der Waals surface area (Å²) in [6.07, 6.45) is 3.19. The number of amides is 1. The van der Waals surface area contributed by atoms with Crippen LogP contribution in [-0.4, -0.2) is 54.4 Å². The molecule has 1 atom stereocenters. The van der Waals surface area contributed by atoms with Crippen molar-refractivity contribution >= 4 is 16.8 Å². The summed E-state index contributed by atoms with van der Waals surface area (Å²) in [6, 6.07) is 6.23. The monoisotopic (exact) mass is 357 g/mol. The summed E-state index contributed by atoms with van der Waals surface area (Å²) in [5, 5.41) is 19.2. The quantitative estimate of drug-likeness (QED) is 0.746. The van der Waals surface area contributed by atoms with E-state index in [4.69, 9.17) is 0 Å². The third-order valence-corrected chi connectivity index (χ3v) is 4.98. The number of H-pyrrole nitrogens is 1. The van der Waals surface area contributed by atoms with Gasteiger partial charge in [0, 0.05) is 30.9 Å². The first kappa shape index (κ1) is 16.7. The predicted octanol–water partition coefficient (Wildman–Crippen LogP) is 1.65. The van der Waals surface area contributed by atoms with Crippen LogP contribution in [0.2, 0.25) is 0 Å². The number of piperidine rings is 1. The van der Waals surface area contributed by atoms with Crippen molar-refractivity contribution in [2.45, 2.75) is 24.9 Å². The summed E-state index contributed by atoms with van der Waals surface area (Å²) in [5.41, 5.74) is -0.140. The van der Waals surface area contributed by atoms with Gasteiger partial charge in [-0.3, -0.25) is 4.79 Å². The number of β-amino-alcohol motifs (C(OH)–C–C–N with tert-alkyl or cyclic N) is 1. The van der Waals surface area contributed by atoms with Crippen molar-refractivity contribution in [3.05, 3.63) is 47.9 Å². The number of nitrogens with zero attached hydrogens (tertiary/aromatic N) is 4. The minimum absolute atomic E-state index is 0.205. The second-order valence-corrected chi connectivity index (χ2v) is 6.97. The number of hydrogen-bond acceptors (Lipinski definition) is 4. The molecule has 7 nitrogen and oxygen atoms in total. The fourth-order valence-corrected chi connectivity index (χ4v) is 3.60. The number of likely N-dealkylation sites (tertiary alicyclic amines) is 1. The number of carbonyl (C=O) groups is 1. The molecule has 1 aromatic carbocycles. The Morgan fingerprint density at radius 3 is 3.04 bits per heavy atom. The van der Waals surface area contributed by atoms with E-state index in [2.05, 4.69) is 15.2 Å². The summed E-state index contributed by atoms with van der Waals surface area (Å²) >= 11 is 0. The molecule has 2 aromatic heterocycles. The van der Waals surface area contributed by atoms with Gasteiger partial charge in [-0.05, 0) is 31.0 Å². The van der Waals surface area contributed by atoms with E-state index in [1.165, 1.54) is 12.1 Å². The smallest absolute Gasteiger partial charge is 0.270 e. The molecule has 136 valence electrons. The highest BCUT2D eigenvalue weighted by Gasteiger charge is 2.37. The molecule has 1 fully saturated rings. The van der Waals surface area contributed by atoms with Gasteiger partial charge in [-0.15, -0.1) is 10.2 Å². The third-order valence-electron chi connectivity index (χ3n) is 4.98. The number of aryl methyl sites for hydroxylation is 1. The highest BCUT2D eigenvalue weighted by atomic mass is 19.1. The molecule has 26 heavy (non-hydrogen) atoms. The molecule has 3 aromatic rings. The molecule has 0 spiro atoms. The highest BCUT2D eigenvalue weighted by molar-refractivity contribution is 5.98. The van der Waals surface area contributed by atoms with Crippen LogP contribution in [0.4, 0.5) is 4.39 Å². The van der Waals surface area contributed by atoms with Crippen LogP contribution in [-0.2, 0) is 13.5 Å². The first-order valence-electron chi connectivity index (χ1n) is 8.57. The molecular weight excluding hydrogens is 337 g/mol. The van der Waals surface area contributed by atoms with Crippen molar-refractivity contribution in [2.24, 2.45) is 7.05 Å². The molecule has 1 saturated heterocycles. The predicted molar refractivity (Wildman–Crippen MR) is 93.1 cm³/mol. The van der Waals surface area contributed by atoms with Crippen LogP contribution in [0.25, 0.3) is 10.9 Å². The summed E-state index contributed by atoms with van der Waals surface area (Å²) in [6.45, 7) is 0.758. The zero-order valence-corrected chi connectivity index (χ0v) is 14.4. The fourth-order valence-electron chi connectivity index (χ4n) is 3.60. The molecule has 0 radical (unpaired) electrons. The summed E-state index contributed by atoms with van der Waals surface area (Å²) in [4.78, 5) is 17.5. The number of hydrogen-bond donors (Lipinski definition) is 2. The van der Waals surface area contributed by atoms with E-state index >= 15 is 0 Å². The first-order valence-corrected chi connectivity index (χ1v) is 8.57. The number of aromatic amines is 1. The van der Waals surface area contributed by atoms with Gasteiger partial charge in [-0.1, -0.05) is 6.07 Å². The Bertz CT molecular complexity index is 966. The zero-order chi connectivity index (χ0) is 18.3. The number of aromatic nitrogens is 4. The molecular formula is C18H20FN5O2. The van der Waals surface area contributed by atoms with Crippen molar-refractivity contribution in [1.29, 1.82) is 0 Å². The molecule has 4 rings (SSSR count). The molecule has 1 aliphatic rings. The van der Waals surface area contributed by atoms with Gasteiger partial charge in [0.25, 0.3) is 5.91 Å². The van der Waals surface area contributed by atoms with Gasteiger partial charge in [-0.2, -0.15) is 0 Å². The summed E-state index contributed by atoms with van der Waals surface area (Å²) in [7, 11) is 1.82. The molecule has 0 aliphatic carbocycles. The van der Waals surface area contributed by atoms with E-state index in [1.54, 1.807) is 27.9 Å². The van der Waals surface area contributed by atoms with E-state index in [1.807, 2.05) is 7.05 Å². The minimum Gasteiger partial charge on any atom is -0.388 e. The lowest BCUT2D eigenvalue weighted by atomic mass is 9.89. The molecule has 1 amide bonds. The number of rotatable bonds is 3. The lowest BCUT2D eigenvalue weighted by molar-refractivity contribution is -0.0259. The molecule has 8 heteroatoms. The van der Waals surface area contributed by atoms with Gasteiger partial charge >= 0.3 is 0 Å². The lowest BCUT2D eigenvalue weighted by Crippen LogP contribution is -2.51. The maximum Gasteiger partial charge on any atom is 0.270 e. The van der Waals surface area contributed by atoms with Crippen molar-refractivity contribution in [3.63, 3.8) is 0 Å². The van der Waals surface area contributed by atoms with Crippen LogP contribution in [0.15, 0.2) is 30.6 Å². The topological polar surface area (TPSA) is 87.0 Å². The Morgan fingerprint density at radius 2 is 2.31 bits per heavy atom. The van der Waals surface area contributed by atoms with E-state index < -0.39 is 5.60 Å². The van der Waals surface area contributed by atoms with Crippen LogP contribution in [0.5, 0.6) is 0 Å². The zero-order valence-electron chi connectivity index (χ0n) is 14.4. The highest BCUT2D eigenvalue weighted by Crippen LogP contribution is 2.27. The molecule has 0 bridgehead atoms. The number of nitrogens with one attached hydrogen (secondary N) is 1. The van der Waals surface area contributed by atoms with Gasteiger partial charge in [0.1, 0.15) is 23.7 Å². The van der Waals surface area contributed by atoms with Crippen molar-refractivity contribution in [1.82, 2.24) is 24.6 Å². The van der Waals surface area contributed by atoms with E-state index in [-0.39, 0.29) is 18.3 Å². The number of carbonyl (C=O) groups excluding carboxylic acids is 1. The van der Waals surface area contributed by atoms with Crippen LogP contribution in [0, 0.1) is 5.82 Å². The Hall–Kier alpha value is -2.74. The Balaban J connectivity index is 1.55. The first-order chi connectivity index (χ1) is 12.5.